The van der Waals surface area contributed by atoms with E-state index in [2.05, 4.69) is 6.07 Å². The molecule has 74 valence electrons. The van der Waals surface area contributed by atoms with Gasteiger partial charge in [-0.1, -0.05) is 0 Å². The van der Waals surface area contributed by atoms with Gasteiger partial charge in [0.25, 0.3) is 0 Å². The van der Waals surface area contributed by atoms with Crippen molar-refractivity contribution in [1.29, 1.82) is 5.26 Å². The molecule has 1 rings (SSSR count). The number of ether oxygens (including phenoxy) is 2. The maximum atomic E-state index is 9.08. The highest BCUT2D eigenvalue weighted by Gasteiger charge is 2.32. The second-order valence-corrected chi connectivity index (χ2v) is 3.74. The van der Waals surface area contributed by atoms with Crippen LogP contribution in [0.3, 0.4) is 0 Å². The van der Waals surface area contributed by atoms with E-state index in [1.165, 1.54) is 0 Å². The van der Waals surface area contributed by atoms with Crippen LogP contribution in [0, 0.1) is 11.3 Å². The molecule has 1 saturated heterocycles. The molecular weight excluding hydrogens is 166 g/mol. The molecule has 0 amide bonds. The van der Waals surface area contributed by atoms with Crippen LogP contribution in [0.25, 0.3) is 0 Å². The molecule has 0 aromatic rings. The Kier molecular flexibility index (Phi) is 3.71. The molecule has 1 fully saturated rings. The number of rotatable bonds is 2. The topological polar surface area (TPSA) is 42.2 Å². The van der Waals surface area contributed by atoms with Crippen LogP contribution in [-0.4, -0.2) is 24.9 Å². The van der Waals surface area contributed by atoms with Crippen LogP contribution >= 0.6 is 0 Å². The van der Waals surface area contributed by atoms with Gasteiger partial charge in [0.05, 0.1) is 18.8 Å². The Morgan fingerprint density at radius 1 is 1.38 bits per heavy atom. The van der Waals surface area contributed by atoms with Crippen LogP contribution in [0.5, 0.6) is 0 Å². The first-order chi connectivity index (χ1) is 6.18. The second kappa shape index (κ2) is 4.59. The third-order valence-corrected chi connectivity index (χ3v) is 2.18. The molecule has 1 aliphatic rings. The van der Waals surface area contributed by atoms with Gasteiger partial charge < -0.3 is 9.47 Å². The van der Waals surface area contributed by atoms with Crippen molar-refractivity contribution in [3.63, 3.8) is 0 Å². The summed E-state index contributed by atoms with van der Waals surface area (Å²) in [5.41, 5.74) is -0.593. The first-order valence-corrected chi connectivity index (χ1v) is 4.85. The predicted octanol–water partition coefficient (Wildman–Crippen LogP) is 1.87. The zero-order valence-electron chi connectivity index (χ0n) is 8.38. The second-order valence-electron chi connectivity index (χ2n) is 3.74. The third-order valence-electron chi connectivity index (χ3n) is 2.18. The molecule has 1 heterocycles. The van der Waals surface area contributed by atoms with Crippen molar-refractivity contribution >= 4 is 0 Å². The molecular formula is C10H17NO2. The van der Waals surface area contributed by atoms with Gasteiger partial charge in [-0.05, 0) is 26.7 Å². The summed E-state index contributed by atoms with van der Waals surface area (Å²) < 4.78 is 11.0. The minimum absolute atomic E-state index is 0.109. The van der Waals surface area contributed by atoms with Gasteiger partial charge in [0.15, 0.2) is 5.60 Å². The highest BCUT2D eigenvalue weighted by Crippen LogP contribution is 2.26. The van der Waals surface area contributed by atoms with Crippen molar-refractivity contribution < 1.29 is 9.47 Å². The lowest BCUT2D eigenvalue weighted by molar-refractivity contribution is -0.0524. The molecule has 3 heteroatoms. The zero-order valence-corrected chi connectivity index (χ0v) is 8.38. The van der Waals surface area contributed by atoms with E-state index in [0.717, 1.165) is 19.4 Å². The number of nitriles is 1. The van der Waals surface area contributed by atoms with Gasteiger partial charge in [-0.25, -0.2) is 0 Å². The predicted molar refractivity (Wildman–Crippen MR) is 49.2 cm³/mol. The monoisotopic (exact) mass is 183 g/mol. The third kappa shape index (κ3) is 2.98. The normalized spacial score (nSPS) is 29.7. The Balaban J connectivity index is 2.60. The van der Waals surface area contributed by atoms with E-state index >= 15 is 0 Å². The highest BCUT2D eigenvalue weighted by atomic mass is 16.5. The highest BCUT2D eigenvalue weighted by molar-refractivity contribution is 5.02. The number of hydrogen-bond acceptors (Lipinski definition) is 3. The fourth-order valence-corrected chi connectivity index (χ4v) is 1.63. The van der Waals surface area contributed by atoms with Gasteiger partial charge in [0.1, 0.15) is 0 Å². The van der Waals surface area contributed by atoms with Crippen molar-refractivity contribution in [2.24, 2.45) is 0 Å². The maximum absolute atomic E-state index is 9.08. The summed E-state index contributed by atoms with van der Waals surface area (Å²) in [6.45, 7) is 5.32. The lowest BCUT2D eigenvalue weighted by Crippen LogP contribution is -2.33. The Labute approximate surface area is 79.6 Å². The lowest BCUT2D eigenvalue weighted by atomic mass is 9.96. The van der Waals surface area contributed by atoms with E-state index < -0.39 is 5.60 Å². The van der Waals surface area contributed by atoms with Crippen molar-refractivity contribution in [1.82, 2.24) is 0 Å². The molecule has 0 aromatic carbocycles. The van der Waals surface area contributed by atoms with E-state index in [9.17, 15) is 0 Å². The van der Waals surface area contributed by atoms with Crippen LogP contribution in [0.4, 0.5) is 0 Å². The molecule has 1 atom stereocenters. The van der Waals surface area contributed by atoms with E-state index in [-0.39, 0.29) is 6.10 Å². The van der Waals surface area contributed by atoms with Crippen LogP contribution in [0.1, 0.15) is 33.1 Å². The Morgan fingerprint density at radius 2 is 2.15 bits per heavy atom. The zero-order chi connectivity index (χ0) is 9.73. The minimum atomic E-state index is -0.593. The average molecular weight is 183 g/mol. The molecule has 0 radical (unpaired) electrons. The van der Waals surface area contributed by atoms with Gasteiger partial charge in [-0.2, -0.15) is 5.26 Å². The van der Waals surface area contributed by atoms with Crippen molar-refractivity contribution in [2.75, 3.05) is 13.2 Å². The largest absolute Gasteiger partial charge is 0.381 e. The van der Waals surface area contributed by atoms with Gasteiger partial charge in [0, 0.05) is 13.0 Å². The Hall–Kier alpha value is -0.590. The molecule has 0 spiro atoms. The van der Waals surface area contributed by atoms with E-state index in [4.69, 9.17) is 14.7 Å². The van der Waals surface area contributed by atoms with Crippen molar-refractivity contribution in [3.8, 4) is 6.07 Å². The SMILES string of the molecule is CC(C)OC1(C#N)CCCOCC1. The van der Waals surface area contributed by atoms with Crippen molar-refractivity contribution in [2.45, 2.75) is 44.8 Å². The summed E-state index contributed by atoms with van der Waals surface area (Å²) >= 11 is 0. The van der Waals surface area contributed by atoms with Crippen molar-refractivity contribution in [3.05, 3.63) is 0 Å². The number of hydrogen-bond donors (Lipinski definition) is 0. The molecule has 1 aliphatic heterocycles. The molecule has 3 nitrogen and oxygen atoms in total. The fourth-order valence-electron chi connectivity index (χ4n) is 1.63. The van der Waals surface area contributed by atoms with Crippen LogP contribution in [0.15, 0.2) is 0 Å². The summed E-state index contributed by atoms with van der Waals surface area (Å²) in [5, 5.41) is 9.08. The maximum Gasteiger partial charge on any atom is 0.156 e. The summed E-state index contributed by atoms with van der Waals surface area (Å²) in [5.74, 6) is 0. The molecule has 0 saturated carbocycles. The molecule has 0 aliphatic carbocycles. The molecule has 0 aromatic heterocycles. The quantitative estimate of drug-likeness (QED) is 0.656. The summed E-state index contributed by atoms with van der Waals surface area (Å²) in [7, 11) is 0. The summed E-state index contributed by atoms with van der Waals surface area (Å²) in [4.78, 5) is 0. The minimum Gasteiger partial charge on any atom is -0.381 e. The molecule has 0 N–H and O–H groups in total. The molecule has 0 bridgehead atoms. The average Bonchev–Trinajstić information content (AvgIpc) is 2.30. The van der Waals surface area contributed by atoms with Crippen LogP contribution < -0.4 is 0 Å². The van der Waals surface area contributed by atoms with Crippen LogP contribution in [0.2, 0.25) is 0 Å². The van der Waals surface area contributed by atoms with Gasteiger partial charge in [-0.15, -0.1) is 0 Å². The van der Waals surface area contributed by atoms with E-state index in [0.29, 0.717) is 13.0 Å². The summed E-state index contributed by atoms with van der Waals surface area (Å²) in [6, 6.07) is 2.29. The standard InChI is InChI=1S/C10H17NO2/c1-9(2)13-10(8-11)4-3-6-12-7-5-10/h9H,3-7H2,1-2H3. The van der Waals surface area contributed by atoms with Gasteiger partial charge in [-0.3, -0.25) is 0 Å². The molecule has 1 unspecified atom stereocenters. The first-order valence-electron chi connectivity index (χ1n) is 4.85. The Morgan fingerprint density at radius 3 is 2.77 bits per heavy atom. The number of nitrogens with zero attached hydrogens (tertiary/aromatic N) is 1. The first kappa shape index (κ1) is 10.5. The van der Waals surface area contributed by atoms with Crippen LogP contribution in [-0.2, 0) is 9.47 Å². The molecule has 13 heavy (non-hydrogen) atoms. The lowest BCUT2D eigenvalue weighted by Gasteiger charge is -2.26. The summed E-state index contributed by atoms with van der Waals surface area (Å²) in [6.07, 6.45) is 2.52. The fraction of sp³-hybridized carbons (Fsp3) is 0.900. The van der Waals surface area contributed by atoms with E-state index in [1.807, 2.05) is 13.8 Å². The Bertz CT molecular complexity index is 188. The smallest absolute Gasteiger partial charge is 0.156 e. The van der Waals surface area contributed by atoms with Gasteiger partial charge in [0.2, 0.25) is 0 Å². The van der Waals surface area contributed by atoms with E-state index in [1.54, 1.807) is 0 Å². The van der Waals surface area contributed by atoms with Gasteiger partial charge >= 0.3 is 0 Å².